The highest BCUT2D eigenvalue weighted by Crippen LogP contribution is 2.17. The third kappa shape index (κ3) is 3.04. The summed E-state index contributed by atoms with van der Waals surface area (Å²) in [4.78, 5) is 11.6. The van der Waals surface area contributed by atoms with E-state index in [0.717, 1.165) is 15.7 Å². The van der Waals surface area contributed by atoms with Crippen LogP contribution in [0, 0.1) is 15.2 Å². The van der Waals surface area contributed by atoms with Gasteiger partial charge in [0.05, 0.1) is 5.56 Å². The second kappa shape index (κ2) is 5.43. The van der Waals surface area contributed by atoms with E-state index in [-0.39, 0.29) is 5.56 Å². The van der Waals surface area contributed by atoms with E-state index >= 15 is 0 Å². The lowest BCUT2D eigenvalue weighted by Gasteiger charge is -2.05. The molecule has 0 spiro atoms. The topological polar surface area (TPSA) is 26.3 Å². The Morgan fingerprint density at radius 3 is 2.33 bits per heavy atom. The number of esters is 1. The molecule has 0 bridgehead atoms. The van der Waals surface area contributed by atoms with Gasteiger partial charge in [0.25, 0.3) is 0 Å². The van der Waals surface area contributed by atoms with E-state index in [9.17, 15) is 13.6 Å². The van der Waals surface area contributed by atoms with E-state index in [4.69, 9.17) is 4.74 Å². The molecule has 0 heterocycles. The zero-order valence-corrected chi connectivity index (χ0v) is 11.1. The summed E-state index contributed by atoms with van der Waals surface area (Å²) in [6.07, 6.45) is 0. The van der Waals surface area contributed by atoms with Crippen molar-refractivity contribution < 1.29 is 18.3 Å². The average Bonchev–Trinajstić information content (AvgIpc) is 2.32. The van der Waals surface area contributed by atoms with Crippen molar-refractivity contribution in [2.75, 3.05) is 0 Å². The van der Waals surface area contributed by atoms with Crippen LogP contribution in [0.5, 0.6) is 5.75 Å². The van der Waals surface area contributed by atoms with E-state index < -0.39 is 17.6 Å². The summed E-state index contributed by atoms with van der Waals surface area (Å²) in [7, 11) is 0. The molecule has 0 aliphatic carbocycles. The lowest BCUT2D eigenvalue weighted by atomic mass is 10.2. The van der Waals surface area contributed by atoms with Crippen LogP contribution in [0.2, 0.25) is 0 Å². The molecule has 0 fully saturated rings. The Morgan fingerprint density at radius 2 is 1.72 bits per heavy atom. The number of hydrogen-bond donors (Lipinski definition) is 0. The quantitative estimate of drug-likeness (QED) is 0.463. The zero-order valence-electron chi connectivity index (χ0n) is 8.99. The first kappa shape index (κ1) is 12.9. The lowest BCUT2D eigenvalue weighted by molar-refractivity contribution is 0.0730. The molecule has 0 saturated carbocycles. The summed E-state index contributed by atoms with van der Waals surface area (Å²) in [5, 5.41) is 0. The van der Waals surface area contributed by atoms with Gasteiger partial charge in [-0.3, -0.25) is 0 Å². The molecule has 0 N–H and O–H groups in total. The molecule has 0 saturated heterocycles. The normalized spacial score (nSPS) is 10.2. The Balaban J connectivity index is 2.19. The van der Waals surface area contributed by atoms with Crippen LogP contribution in [0.25, 0.3) is 0 Å². The lowest BCUT2D eigenvalue weighted by Crippen LogP contribution is -2.10. The molecule has 2 nitrogen and oxygen atoms in total. The molecule has 2 aromatic carbocycles. The molecule has 2 aromatic rings. The van der Waals surface area contributed by atoms with Crippen molar-refractivity contribution in [3.8, 4) is 5.75 Å². The third-order valence-corrected chi connectivity index (χ3v) is 2.89. The van der Waals surface area contributed by atoms with Crippen LogP contribution in [0.3, 0.4) is 0 Å². The van der Waals surface area contributed by atoms with Gasteiger partial charge >= 0.3 is 5.97 Å². The Bertz CT molecular complexity index is 582. The monoisotopic (exact) mass is 360 g/mol. The first-order valence-electron chi connectivity index (χ1n) is 4.99. The highest BCUT2D eigenvalue weighted by atomic mass is 127. The number of rotatable bonds is 2. The van der Waals surface area contributed by atoms with Gasteiger partial charge in [-0.05, 0) is 59.0 Å². The molecule has 18 heavy (non-hydrogen) atoms. The van der Waals surface area contributed by atoms with Crippen molar-refractivity contribution in [1.29, 1.82) is 0 Å². The fraction of sp³-hybridized carbons (Fsp3) is 0. The minimum absolute atomic E-state index is 0.296. The van der Waals surface area contributed by atoms with Gasteiger partial charge in [0.1, 0.15) is 17.4 Å². The third-order valence-electron chi connectivity index (χ3n) is 2.18. The number of carbonyl (C=O) groups excluding carboxylic acids is 1. The Hall–Kier alpha value is -1.50. The molecule has 0 unspecified atom stereocenters. The van der Waals surface area contributed by atoms with Gasteiger partial charge < -0.3 is 4.74 Å². The van der Waals surface area contributed by atoms with E-state index in [0.29, 0.717) is 11.8 Å². The van der Waals surface area contributed by atoms with Gasteiger partial charge in [0.15, 0.2) is 0 Å². The minimum Gasteiger partial charge on any atom is -0.423 e. The van der Waals surface area contributed by atoms with Crippen LogP contribution in [0.4, 0.5) is 8.78 Å². The zero-order chi connectivity index (χ0) is 13.1. The summed E-state index contributed by atoms with van der Waals surface area (Å²) < 4.78 is 32.0. The number of hydrogen-bond acceptors (Lipinski definition) is 2. The van der Waals surface area contributed by atoms with Crippen molar-refractivity contribution in [3.05, 3.63) is 63.2 Å². The molecule has 92 valence electrons. The van der Waals surface area contributed by atoms with E-state index in [1.54, 1.807) is 24.3 Å². The number of carbonyl (C=O) groups is 1. The maximum absolute atomic E-state index is 13.3. The van der Waals surface area contributed by atoms with Gasteiger partial charge in [0.2, 0.25) is 0 Å². The van der Waals surface area contributed by atoms with Crippen LogP contribution < -0.4 is 4.74 Å². The van der Waals surface area contributed by atoms with Crippen molar-refractivity contribution in [3.63, 3.8) is 0 Å². The standard InChI is InChI=1S/C13H7F2IO2/c14-8-1-6-11(12(15)7-8)13(17)18-10-4-2-9(16)3-5-10/h1-7H. The van der Waals surface area contributed by atoms with Crippen LogP contribution in [0.15, 0.2) is 42.5 Å². The van der Waals surface area contributed by atoms with Crippen LogP contribution in [0.1, 0.15) is 10.4 Å². The van der Waals surface area contributed by atoms with Crippen LogP contribution in [-0.2, 0) is 0 Å². The second-order valence-electron chi connectivity index (χ2n) is 3.47. The van der Waals surface area contributed by atoms with E-state index in [1.165, 1.54) is 0 Å². The molecular formula is C13H7F2IO2. The summed E-state index contributed by atoms with van der Waals surface area (Å²) >= 11 is 2.11. The van der Waals surface area contributed by atoms with Crippen molar-refractivity contribution in [2.45, 2.75) is 0 Å². The maximum Gasteiger partial charge on any atom is 0.346 e. The molecule has 0 amide bonds. The number of benzene rings is 2. The van der Waals surface area contributed by atoms with Crippen molar-refractivity contribution in [2.24, 2.45) is 0 Å². The summed E-state index contributed by atoms with van der Waals surface area (Å²) in [5.41, 5.74) is -0.296. The minimum atomic E-state index is -0.939. The van der Waals surface area contributed by atoms with Gasteiger partial charge in [-0.25, -0.2) is 13.6 Å². The van der Waals surface area contributed by atoms with Crippen LogP contribution in [-0.4, -0.2) is 5.97 Å². The van der Waals surface area contributed by atoms with E-state index in [2.05, 4.69) is 22.6 Å². The number of ether oxygens (including phenoxy) is 1. The van der Waals surface area contributed by atoms with Crippen molar-refractivity contribution >= 4 is 28.6 Å². The fourth-order valence-corrected chi connectivity index (χ4v) is 1.68. The summed E-state index contributed by atoms with van der Waals surface area (Å²) in [5.74, 6) is -2.22. The fourth-order valence-electron chi connectivity index (χ4n) is 1.32. The first-order chi connectivity index (χ1) is 8.56. The molecule has 0 aliphatic rings. The van der Waals surface area contributed by atoms with Gasteiger partial charge in [-0.2, -0.15) is 0 Å². The highest BCUT2D eigenvalue weighted by molar-refractivity contribution is 14.1. The molecule has 0 atom stereocenters. The molecule has 5 heteroatoms. The maximum atomic E-state index is 13.3. The van der Waals surface area contributed by atoms with Crippen LogP contribution >= 0.6 is 22.6 Å². The molecular weight excluding hydrogens is 353 g/mol. The Labute approximate surface area is 116 Å². The summed E-state index contributed by atoms with van der Waals surface area (Å²) in [6, 6.07) is 9.41. The molecule has 2 rings (SSSR count). The molecule has 0 radical (unpaired) electrons. The smallest absolute Gasteiger partial charge is 0.346 e. The summed E-state index contributed by atoms with van der Waals surface area (Å²) in [6.45, 7) is 0. The Morgan fingerprint density at radius 1 is 1.06 bits per heavy atom. The predicted molar refractivity (Wildman–Crippen MR) is 70.5 cm³/mol. The second-order valence-corrected chi connectivity index (χ2v) is 4.71. The van der Waals surface area contributed by atoms with Crippen molar-refractivity contribution in [1.82, 2.24) is 0 Å². The largest absolute Gasteiger partial charge is 0.423 e. The Kier molecular flexibility index (Phi) is 3.90. The predicted octanol–water partition coefficient (Wildman–Crippen LogP) is 3.79. The molecule has 0 aliphatic heterocycles. The number of halogens is 3. The average molecular weight is 360 g/mol. The highest BCUT2D eigenvalue weighted by Gasteiger charge is 2.14. The van der Waals surface area contributed by atoms with E-state index in [1.807, 2.05) is 0 Å². The van der Waals surface area contributed by atoms with Gasteiger partial charge in [0, 0.05) is 9.64 Å². The van der Waals surface area contributed by atoms with Gasteiger partial charge in [-0.1, -0.05) is 0 Å². The van der Waals surface area contributed by atoms with Gasteiger partial charge in [-0.15, -0.1) is 0 Å². The SMILES string of the molecule is O=C(Oc1ccc(I)cc1)c1ccc(F)cc1F. The first-order valence-corrected chi connectivity index (χ1v) is 6.07. The molecule has 0 aromatic heterocycles.